The molecule has 0 fully saturated rings. The van der Waals surface area contributed by atoms with Crippen LogP contribution in [0.3, 0.4) is 0 Å². The molecule has 0 aliphatic rings. The lowest BCUT2D eigenvalue weighted by molar-refractivity contribution is -0.114. The van der Waals surface area contributed by atoms with Gasteiger partial charge >= 0.3 is 0 Å². The Kier molecular flexibility index (Phi) is 5.00. The van der Waals surface area contributed by atoms with Crippen LogP contribution in [0.4, 0.5) is 10.8 Å². The van der Waals surface area contributed by atoms with Crippen molar-refractivity contribution in [2.24, 2.45) is 0 Å². The number of nitrogens with zero attached hydrogens (tertiary/aromatic N) is 1. The second kappa shape index (κ2) is 7.20. The molecule has 0 radical (unpaired) electrons. The molecule has 128 valence electrons. The van der Waals surface area contributed by atoms with Crippen molar-refractivity contribution >= 4 is 60.1 Å². The quantitative estimate of drug-likeness (QED) is 0.661. The van der Waals surface area contributed by atoms with E-state index in [1.807, 2.05) is 6.07 Å². The number of halogens is 1. The molecule has 6 nitrogen and oxygen atoms in total. The van der Waals surface area contributed by atoms with Gasteiger partial charge in [0.1, 0.15) is 5.75 Å². The van der Waals surface area contributed by atoms with Crippen LogP contribution in [0.5, 0.6) is 5.75 Å². The fourth-order valence-corrected chi connectivity index (χ4v) is 3.68. The Morgan fingerprint density at radius 1 is 1.16 bits per heavy atom. The van der Waals surface area contributed by atoms with Crippen molar-refractivity contribution in [3.05, 3.63) is 46.4 Å². The van der Waals surface area contributed by atoms with Crippen LogP contribution in [0.2, 0.25) is 0 Å². The number of amides is 2. The summed E-state index contributed by atoms with van der Waals surface area (Å²) in [6.45, 7) is 1.45. The highest BCUT2D eigenvalue weighted by atomic mass is 79.9. The summed E-state index contributed by atoms with van der Waals surface area (Å²) in [5.74, 6) is 0.258. The van der Waals surface area contributed by atoms with Crippen LogP contribution in [0.1, 0.15) is 17.3 Å². The minimum Gasteiger partial charge on any atom is -0.496 e. The smallest absolute Gasteiger partial charge is 0.257 e. The molecule has 0 saturated carbocycles. The van der Waals surface area contributed by atoms with Gasteiger partial charge in [-0.15, -0.1) is 0 Å². The molecule has 0 bridgehead atoms. The molecular formula is C17H14BrN3O3S. The summed E-state index contributed by atoms with van der Waals surface area (Å²) in [4.78, 5) is 27.9. The van der Waals surface area contributed by atoms with E-state index in [0.717, 1.165) is 10.2 Å². The van der Waals surface area contributed by atoms with E-state index in [0.29, 0.717) is 26.6 Å². The first kappa shape index (κ1) is 17.4. The molecule has 0 unspecified atom stereocenters. The van der Waals surface area contributed by atoms with Crippen molar-refractivity contribution in [2.45, 2.75) is 6.92 Å². The predicted octanol–water partition coefficient (Wildman–Crippen LogP) is 4.28. The number of rotatable bonds is 4. The number of fused-ring (bicyclic) bond motifs is 1. The molecule has 2 amide bonds. The van der Waals surface area contributed by atoms with Gasteiger partial charge in [-0.2, -0.15) is 0 Å². The highest BCUT2D eigenvalue weighted by molar-refractivity contribution is 9.10. The van der Waals surface area contributed by atoms with Crippen LogP contribution in [0.25, 0.3) is 10.2 Å². The highest BCUT2D eigenvalue weighted by Gasteiger charge is 2.12. The Hall–Kier alpha value is -2.45. The zero-order valence-corrected chi connectivity index (χ0v) is 15.8. The number of anilines is 2. The molecule has 2 aromatic carbocycles. The second-order valence-corrected chi connectivity index (χ2v) is 7.07. The summed E-state index contributed by atoms with van der Waals surface area (Å²) >= 11 is 4.71. The minimum absolute atomic E-state index is 0.137. The van der Waals surface area contributed by atoms with Gasteiger partial charge in [0.25, 0.3) is 5.91 Å². The summed E-state index contributed by atoms with van der Waals surface area (Å²) in [6.07, 6.45) is 0. The van der Waals surface area contributed by atoms with Crippen LogP contribution in [0.15, 0.2) is 40.9 Å². The van der Waals surface area contributed by atoms with E-state index in [1.54, 1.807) is 37.4 Å². The number of benzene rings is 2. The van der Waals surface area contributed by atoms with E-state index in [1.165, 1.54) is 18.3 Å². The third-order valence-electron chi connectivity index (χ3n) is 3.34. The molecule has 1 aromatic heterocycles. The number of nitrogens with one attached hydrogen (secondary N) is 2. The van der Waals surface area contributed by atoms with E-state index in [9.17, 15) is 9.59 Å². The average molecular weight is 420 g/mol. The summed E-state index contributed by atoms with van der Waals surface area (Å²) in [6, 6.07) is 10.5. The van der Waals surface area contributed by atoms with Gasteiger partial charge in [-0.1, -0.05) is 11.3 Å². The van der Waals surface area contributed by atoms with Gasteiger partial charge in [0.05, 0.1) is 21.8 Å². The maximum Gasteiger partial charge on any atom is 0.257 e. The lowest BCUT2D eigenvalue weighted by atomic mass is 10.2. The second-order valence-electron chi connectivity index (χ2n) is 5.19. The van der Waals surface area contributed by atoms with E-state index in [4.69, 9.17) is 4.74 Å². The van der Waals surface area contributed by atoms with E-state index >= 15 is 0 Å². The van der Waals surface area contributed by atoms with Crippen molar-refractivity contribution in [1.29, 1.82) is 0 Å². The molecule has 3 aromatic rings. The Morgan fingerprint density at radius 3 is 2.64 bits per heavy atom. The molecule has 2 N–H and O–H groups in total. The van der Waals surface area contributed by atoms with Crippen molar-refractivity contribution in [2.75, 3.05) is 17.7 Å². The van der Waals surface area contributed by atoms with E-state index in [-0.39, 0.29) is 11.8 Å². The van der Waals surface area contributed by atoms with Crippen molar-refractivity contribution in [3.63, 3.8) is 0 Å². The highest BCUT2D eigenvalue weighted by Crippen LogP contribution is 2.30. The molecule has 0 spiro atoms. The predicted molar refractivity (Wildman–Crippen MR) is 103 cm³/mol. The molecule has 0 atom stereocenters. The van der Waals surface area contributed by atoms with E-state index < -0.39 is 0 Å². The summed E-state index contributed by atoms with van der Waals surface area (Å²) in [7, 11) is 1.57. The molecule has 0 aliphatic heterocycles. The topological polar surface area (TPSA) is 80.3 Å². The largest absolute Gasteiger partial charge is 0.496 e. The van der Waals surface area contributed by atoms with Crippen LogP contribution in [-0.2, 0) is 4.79 Å². The maximum absolute atomic E-state index is 12.4. The number of thiazole rings is 1. The number of ether oxygens (including phenoxy) is 1. The number of hydrogen-bond acceptors (Lipinski definition) is 5. The molecule has 8 heteroatoms. The number of carbonyl (C=O) groups is 2. The summed E-state index contributed by atoms with van der Waals surface area (Å²) < 4.78 is 6.73. The molecule has 1 heterocycles. The van der Waals surface area contributed by atoms with Gasteiger partial charge < -0.3 is 10.1 Å². The zero-order chi connectivity index (χ0) is 18.0. The SMILES string of the molecule is COc1ccc(C(=O)Nc2nc3ccc(NC(C)=O)cc3s2)cc1Br. The molecular weight excluding hydrogens is 406 g/mol. The Bertz CT molecular complexity index is 971. The molecule has 0 aliphatic carbocycles. The van der Waals surface area contributed by atoms with E-state index in [2.05, 4.69) is 31.5 Å². The number of methoxy groups -OCH3 is 1. The Balaban J connectivity index is 1.81. The molecule has 0 saturated heterocycles. The van der Waals surface area contributed by atoms with Crippen LogP contribution < -0.4 is 15.4 Å². The van der Waals surface area contributed by atoms with Crippen molar-refractivity contribution < 1.29 is 14.3 Å². The zero-order valence-electron chi connectivity index (χ0n) is 13.4. The number of carbonyl (C=O) groups excluding carboxylic acids is 2. The third-order valence-corrected chi connectivity index (χ3v) is 4.90. The van der Waals surface area contributed by atoms with Crippen LogP contribution >= 0.6 is 27.3 Å². The van der Waals surface area contributed by atoms with Crippen LogP contribution in [0, 0.1) is 0 Å². The lowest BCUT2D eigenvalue weighted by Gasteiger charge is -2.05. The number of aromatic nitrogens is 1. The maximum atomic E-state index is 12.4. The van der Waals surface area contributed by atoms with Gasteiger partial charge in [-0.05, 0) is 52.3 Å². The monoisotopic (exact) mass is 419 g/mol. The van der Waals surface area contributed by atoms with Gasteiger partial charge in [-0.3, -0.25) is 14.9 Å². The Labute approximate surface area is 156 Å². The van der Waals surface area contributed by atoms with Crippen molar-refractivity contribution in [3.8, 4) is 5.75 Å². The van der Waals surface area contributed by atoms with Gasteiger partial charge in [-0.25, -0.2) is 4.98 Å². The summed E-state index contributed by atoms with van der Waals surface area (Å²) in [5.41, 5.74) is 1.94. The fourth-order valence-electron chi connectivity index (χ4n) is 2.24. The Morgan fingerprint density at radius 2 is 1.96 bits per heavy atom. The number of hydrogen-bond donors (Lipinski definition) is 2. The molecule has 3 rings (SSSR count). The lowest BCUT2D eigenvalue weighted by Crippen LogP contribution is -2.11. The van der Waals surface area contributed by atoms with Gasteiger partial charge in [0, 0.05) is 18.2 Å². The third kappa shape index (κ3) is 3.97. The summed E-state index contributed by atoms with van der Waals surface area (Å²) in [5, 5.41) is 6.01. The van der Waals surface area contributed by atoms with Crippen LogP contribution in [-0.4, -0.2) is 23.9 Å². The van der Waals surface area contributed by atoms with Gasteiger partial charge in [0.15, 0.2) is 5.13 Å². The van der Waals surface area contributed by atoms with Gasteiger partial charge in [0.2, 0.25) is 5.91 Å². The van der Waals surface area contributed by atoms with Crippen molar-refractivity contribution in [1.82, 2.24) is 4.98 Å². The molecule has 25 heavy (non-hydrogen) atoms. The normalized spacial score (nSPS) is 10.5. The first-order valence-corrected chi connectivity index (χ1v) is 8.90. The fraction of sp³-hybridized carbons (Fsp3) is 0.118. The first-order chi connectivity index (χ1) is 12.0. The minimum atomic E-state index is -0.260. The standard InChI is InChI=1S/C17H14BrN3O3S/c1-9(22)19-11-4-5-13-15(8-11)25-17(20-13)21-16(23)10-3-6-14(24-2)12(18)7-10/h3-8H,1-2H3,(H,19,22)(H,20,21,23). The first-order valence-electron chi connectivity index (χ1n) is 7.29. The average Bonchev–Trinajstić information content (AvgIpc) is 2.95.